The Morgan fingerprint density at radius 3 is 2.28 bits per heavy atom. The van der Waals surface area contributed by atoms with Crippen LogP contribution >= 0.6 is 11.6 Å². The largest absolute Gasteiger partial charge is 0.436 e. The molecule has 1 heterocycles. The number of benzene rings is 1. The van der Waals surface area contributed by atoms with Gasteiger partial charge in [0.25, 0.3) is 5.88 Å². The summed E-state index contributed by atoms with van der Waals surface area (Å²) in [6.07, 6.45) is 4.04. The summed E-state index contributed by atoms with van der Waals surface area (Å²) in [6.45, 7) is 0. The van der Waals surface area contributed by atoms with E-state index in [1.807, 2.05) is 0 Å². The zero-order chi connectivity index (χ0) is 13.2. The van der Waals surface area contributed by atoms with Crippen molar-refractivity contribution in [3.8, 4) is 11.6 Å². The fourth-order valence-corrected chi connectivity index (χ4v) is 2.02. The summed E-state index contributed by atoms with van der Waals surface area (Å²) in [5.74, 6) is 0.607. The van der Waals surface area contributed by atoms with Crippen molar-refractivity contribution < 1.29 is 13.2 Å². The average Bonchev–Trinajstić information content (AvgIpc) is 2.32. The highest BCUT2D eigenvalue weighted by molar-refractivity contribution is 7.90. The standard InChI is InChI=1S/C11H9ClN2O3S/c1-18(15,16)9-4-2-8(3-5-9)17-11-10(12)13-6-7-14-11/h2-7H,1H3. The summed E-state index contributed by atoms with van der Waals surface area (Å²) in [4.78, 5) is 7.95. The quantitative estimate of drug-likeness (QED) is 0.865. The molecule has 1 aromatic carbocycles. The van der Waals surface area contributed by atoms with E-state index in [9.17, 15) is 8.42 Å². The molecule has 0 radical (unpaired) electrons. The van der Waals surface area contributed by atoms with Crippen LogP contribution in [0.1, 0.15) is 0 Å². The Kier molecular flexibility index (Phi) is 3.49. The molecule has 2 aromatic rings. The fourth-order valence-electron chi connectivity index (χ4n) is 1.24. The number of nitrogens with zero attached hydrogens (tertiary/aromatic N) is 2. The van der Waals surface area contributed by atoms with Crippen molar-refractivity contribution in [1.82, 2.24) is 9.97 Å². The highest BCUT2D eigenvalue weighted by Crippen LogP contribution is 2.25. The van der Waals surface area contributed by atoms with E-state index in [-0.39, 0.29) is 15.9 Å². The minimum absolute atomic E-state index is 0.143. The number of hydrogen-bond donors (Lipinski definition) is 0. The molecule has 0 unspecified atom stereocenters. The van der Waals surface area contributed by atoms with E-state index in [1.54, 1.807) is 0 Å². The van der Waals surface area contributed by atoms with Gasteiger partial charge in [-0.15, -0.1) is 0 Å². The monoisotopic (exact) mass is 284 g/mol. The Morgan fingerprint density at radius 1 is 1.11 bits per heavy atom. The third-order valence-electron chi connectivity index (χ3n) is 2.09. The summed E-state index contributed by atoms with van der Waals surface area (Å²) in [5, 5.41) is 0.143. The lowest BCUT2D eigenvalue weighted by molar-refractivity contribution is 0.460. The number of rotatable bonds is 3. The predicted octanol–water partition coefficient (Wildman–Crippen LogP) is 2.33. The Morgan fingerprint density at radius 2 is 1.72 bits per heavy atom. The molecule has 0 bridgehead atoms. The molecule has 0 fully saturated rings. The van der Waals surface area contributed by atoms with Crippen molar-refractivity contribution in [3.05, 3.63) is 41.8 Å². The smallest absolute Gasteiger partial charge is 0.257 e. The summed E-state index contributed by atoms with van der Waals surface area (Å²) in [5.41, 5.74) is 0. The van der Waals surface area contributed by atoms with Crippen LogP contribution in [-0.2, 0) is 9.84 Å². The van der Waals surface area contributed by atoms with Crippen LogP contribution in [0.25, 0.3) is 0 Å². The highest BCUT2D eigenvalue weighted by Gasteiger charge is 2.08. The lowest BCUT2D eigenvalue weighted by Crippen LogP contribution is -1.96. The molecule has 1 aromatic heterocycles. The minimum atomic E-state index is -3.21. The number of ether oxygens (including phenoxy) is 1. The zero-order valence-corrected chi connectivity index (χ0v) is 10.9. The minimum Gasteiger partial charge on any atom is -0.436 e. The maximum atomic E-state index is 11.3. The van der Waals surface area contributed by atoms with E-state index in [0.29, 0.717) is 5.75 Å². The Hall–Kier alpha value is -1.66. The van der Waals surface area contributed by atoms with Crippen LogP contribution in [0, 0.1) is 0 Å². The predicted molar refractivity (Wildman–Crippen MR) is 66.7 cm³/mol. The van der Waals surface area contributed by atoms with E-state index in [0.717, 1.165) is 6.26 Å². The topological polar surface area (TPSA) is 69.2 Å². The van der Waals surface area contributed by atoms with Crippen LogP contribution in [0.2, 0.25) is 5.15 Å². The van der Waals surface area contributed by atoms with Crippen molar-refractivity contribution in [3.63, 3.8) is 0 Å². The molecule has 0 aliphatic heterocycles. The van der Waals surface area contributed by atoms with E-state index in [4.69, 9.17) is 16.3 Å². The van der Waals surface area contributed by atoms with Gasteiger partial charge in [0.15, 0.2) is 15.0 Å². The molecule has 0 amide bonds. The van der Waals surface area contributed by atoms with Crippen LogP contribution < -0.4 is 4.74 Å². The SMILES string of the molecule is CS(=O)(=O)c1ccc(Oc2nccnc2Cl)cc1. The molecule has 0 aliphatic rings. The normalized spacial score (nSPS) is 11.2. The number of aromatic nitrogens is 2. The molecule has 0 atom stereocenters. The van der Waals surface area contributed by atoms with E-state index >= 15 is 0 Å². The first-order chi connectivity index (χ1) is 8.47. The summed E-state index contributed by atoms with van der Waals surface area (Å²) in [6, 6.07) is 5.96. The lowest BCUT2D eigenvalue weighted by Gasteiger charge is -2.05. The molecule has 18 heavy (non-hydrogen) atoms. The molecule has 0 saturated carbocycles. The molecule has 7 heteroatoms. The molecule has 2 rings (SSSR count). The zero-order valence-electron chi connectivity index (χ0n) is 9.37. The second-order valence-corrected chi connectivity index (χ2v) is 5.87. The van der Waals surface area contributed by atoms with Gasteiger partial charge in [0, 0.05) is 18.6 Å². The third kappa shape index (κ3) is 2.96. The lowest BCUT2D eigenvalue weighted by atomic mass is 10.3. The van der Waals surface area contributed by atoms with Crippen LogP contribution in [-0.4, -0.2) is 24.6 Å². The van der Waals surface area contributed by atoms with Crippen LogP contribution in [0.15, 0.2) is 41.6 Å². The first kappa shape index (κ1) is 12.8. The molecular weight excluding hydrogens is 276 g/mol. The first-order valence-corrected chi connectivity index (χ1v) is 7.18. The molecule has 0 aliphatic carbocycles. The number of hydrogen-bond acceptors (Lipinski definition) is 5. The highest BCUT2D eigenvalue weighted by atomic mass is 35.5. The second kappa shape index (κ2) is 4.91. The fraction of sp³-hybridized carbons (Fsp3) is 0.0909. The van der Waals surface area contributed by atoms with Gasteiger partial charge in [0.2, 0.25) is 0 Å². The van der Waals surface area contributed by atoms with Gasteiger partial charge < -0.3 is 4.74 Å². The summed E-state index contributed by atoms with van der Waals surface area (Å²) >= 11 is 5.78. The second-order valence-electron chi connectivity index (χ2n) is 3.50. The molecule has 0 saturated heterocycles. The van der Waals surface area contributed by atoms with Gasteiger partial charge in [0.1, 0.15) is 5.75 Å². The number of halogens is 1. The van der Waals surface area contributed by atoms with E-state index in [2.05, 4.69) is 9.97 Å². The van der Waals surface area contributed by atoms with Gasteiger partial charge in [-0.3, -0.25) is 0 Å². The van der Waals surface area contributed by atoms with Crippen molar-refractivity contribution in [1.29, 1.82) is 0 Å². The third-order valence-corrected chi connectivity index (χ3v) is 3.48. The van der Waals surface area contributed by atoms with Crippen LogP contribution in [0.3, 0.4) is 0 Å². The van der Waals surface area contributed by atoms with Gasteiger partial charge in [-0.05, 0) is 24.3 Å². The van der Waals surface area contributed by atoms with Crippen molar-refractivity contribution in [2.45, 2.75) is 4.90 Å². The van der Waals surface area contributed by atoms with Gasteiger partial charge in [-0.2, -0.15) is 0 Å². The molecule has 0 N–H and O–H groups in total. The van der Waals surface area contributed by atoms with Crippen LogP contribution in [0.4, 0.5) is 0 Å². The Bertz CT molecular complexity index is 656. The Labute approximate surface area is 109 Å². The maximum Gasteiger partial charge on any atom is 0.257 e. The van der Waals surface area contributed by atoms with Crippen LogP contribution in [0.5, 0.6) is 11.6 Å². The van der Waals surface area contributed by atoms with E-state index < -0.39 is 9.84 Å². The van der Waals surface area contributed by atoms with Crippen molar-refractivity contribution in [2.75, 3.05) is 6.26 Å². The van der Waals surface area contributed by atoms with Gasteiger partial charge in [0.05, 0.1) is 4.90 Å². The van der Waals surface area contributed by atoms with E-state index in [1.165, 1.54) is 36.7 Å². The molecule has 0 spiro atoms. The first-order valence-electron chi connectivity index (χ1n) is 4.91. The maximum absolute atomic E-state index is 11.3. The molecule has 94 valence electrons. The summed E-state index contributed by atoms with van der Waals surface area (Å²) < 4.78 is 27.9. The van der Waals surface area contributed by atoms with Gasteiger partial charge in [-0.25, -0.2) is 18.4 Å². The summed E-state index contributed by atoms with van der Waals surface area (Å²) in [7, 11) is -3.21. The van der Waals surface area contributed by atoms with Gasteiger partial charge in [-0.1, -0.05) is 11.6 Å². The van der Waals surface area contributed by atoms with Gasteiger partial charge >= 0.3 is 0 Å². The van der Waals surface area contributed by atoms with Crippen molar-refractivity contribution in [2.24, 2.45) is 0 Å². The Balaban J connectivity index is 2.24. The molecular formula is C11H9ClN2O3S. The number of sulfone groups is 1. The average molecular weight is 285 g/mol. The molecule has 5 nitrogen and oxygen atoms in total. The van der Waals surface area contributed by atoms with Crippen molar-refractivity contribution >= 4 is 21.4 Å².